The van der Waals surface area contributed by atoms with Crippen LogP contribution >= 0.6 is 0 Å². The highest BCUT2D eigenvalue weighted by Crippen LogP contribution is 2.15. The van der Waals surface area contributed by atoms with E-state index in [0.29, 0.717) is 18.7 Å². The smallest absolute Gasteiger partial charge is 0.132 e. The summed E-state index contributed by atoms with van der Waals surface area (Å²) in [6.45, 7) is 2.93. The molecule has 162 valence electrons. The van der Waals surface area contributed by atoms with Crippen LogP contribution in [0.25, 0.3) is 0 Å². The number of unbranched alkanes of at least 4 members (excludes halogenated alkanes) is 18. The van der Waals surface area contributed by atoms with Gasteiger partial charge in [-0.05, 0) is 19.4 Å². The molecule has 0 aromatic rings. The van der Waals surface area contributed by atoms with Crippen LogP contribution in [0.3, 0.4) is 0 Å². The number of nitrogens with two attached hydrogens (primary N) is 1. The largest absolute Gasteiger partial charge is 0.330 e. The van der Waals surface area contributed by atoms with E-state index in [1.807, 2.05) is 0 Å². The zero-order valence-electron chi connectivity index (χ0n) is 18.7. The molecule has 0 rings (SSSR count). The summed E-state index contributed by atoms with van der Waals surface area (Å²) in [5.74, 6) is 0.410. The van der Waals surface area contributed by atoms with Gasteiger partial charge in [0, 0.05) is 12.8 Å². The molecule has 0 aromatic carbocycles. The number of hydrogen-bond acceptors (Lipinski definition) is 2. The molecule has 0 fully saturated rings. The molecule has 0 radical (unpaired) electrons. The van der Waals surface area contributed by atoms with Crippen LogP contribution in [0.15, 0.2) is 0 Å². The summed E-state index contributed by atoms with van der Waals surface area (Å²) >= 11 is 0. The summed E-state index contributed by atoms with van der Waals surface area (Å²) in [7, 11) is 0. The topological polar surface area (TPSA) is 43.1 Å². The number of carbonyl (C=O) groups excluding carboxylic acids is 1. The number of carbonyl (C=O) groups is 1. The first-order chi connectivity index (χ1) is 13.3. The van der Waals surface area contributed by atoms with Gasteiger partial charge in [-0.3, -0.25) is 4.79 Å². The summed E-state index contributed by atoms with van der Waals surface area (Å²) in [6.07, 6.45) is 28.9. The highest BCUT2D eigenvalue weighted by atomic mass is 16.1. The van der Waals surface area contributed by atoms with Crippen LogP contribution in [0.5, 0.6) is 0 Å². The van der Waals surface area contributed by atoms with Crippen molar-refractivity contribution in [3.8, 4) is 0 Å². The standard InChI is InChI=1S/C25H51NO/c1-2-3-4-5-6-7-8-9-10-11-12-13-14-15-16-17-18-19-20-22-25(27)23-21-24-26/h2-24,26H2,1H3. The zero-order chi connectivity index (χ0) is 19.8. The molecule has 0 unspecified atom stereocenters. The van der Waals surface area contributed by atoms with E-state index in [-0.39, 0.29) is 0 Å². The number of ketones is 1. The van der Waals surface area contributed by atoms with Gasteiger partial charge in [0.05, 0.1) is 0 Å². The lowest BCUT2D eigenvalue weighted by Crippen LogP contribution is -2.04. The minimum absolute atomic E-state index is 0.410. The van der Waals surface area contributed by atoms with Crippen LogP contribution in [0.4, 0.5) is 0 Å². The van der Waals surface area contributed by atoms with Gasteiger partial charge in [0.15, 0.2) is 0 Å². The van der Waals surface area contributed by atoms with E-state index in [1.54, 1.807) is 0 Å². The Labute approximate surface area is 171 Å². The van der Waals surface area contributed by atoms with Crippen molar-refractivity contribution >= 4 is 5.78 Å². The first kappa shape index (κ1) is 26.6. The fraction of sp³-hybridized carbons (Fsp3) is 0.960. The van der Waals surface area contributed by atoms with Crippen LogP contribution in [-0.4, -0.2) is 12.3 Å². The van der Waals surface area contributed by atoms with Gasteiger partial charge >= 0.3 is 0 Å². The second-order valence-corrected chi connectivity index (χ2v) is 8.54. The van der Waals surface area contributed by atoms with Crippen molar-refractivity contribution in [1.82, 2.24) is 0 Å². The minimum atomic E-state index is 0.410. The normalized spacial score (nSPS) is 11.2. The summed E-state index contributed by atoms with van der Waals surface area (Å²) in [5.41, 5.74) is 5.43. The van der Waals surface area contributed by atoms with Crippen LogP contribution in [0.2, 0.25) is 0 Å². The monoisotopic (exact) mass is 381 g/mol. The second-order valence-electron chi connectivity index (χ2n) is 8.54. The Morgan fingerprint density at radius 2 is 0.778 bits per heavy atom. The molecule has 27 heavy (non-hydrogen) atoms. The van der Waals surface area contributed by atoms with Crippen molar-refractivity contribution in [1.29, 1.82) is 0 Å². The lowest BCUT2D eigenvalue weighted by Gasteiger charge is -2.04. The van der Waals surface area contributed by atoms with Gasteiger partial charge in [-0.1, -0.05) is 122 Å². The van der Waals surface area contributed by atoms with Crippen molar-refractivity contribution in [3.63, 3.8) is 0 Å². The first-order valence-corrected chi connectivity index (χ1v) is 12.5. The van der Waals surface area contributed by atoms with Gasteiger partial charge in [0.2, 0.25) is 0 Å². The lowest BCUT2D eigenvalue weighted by atomic mass is 10.0. The van der Waals surface area contributed by atoms with Gasteiger partial charge in [-0.25, -0.2) is 0 Å². The average molecular weight is 382 g/mol. The molecule has 0 atom stereocenters. The van der Waals surface area contributed by atoms with Crippen molar-refractivity contribution in [2.75, 3.05) is 6.54 Å². The molecule has 0 saturated heterocycles. The van der Waals surface area contributed by atoms with E-state index in [1.165, 1.54) is 116 Å². The van der Waals surface area contributed by atoms with Gasteiger partial charge < -0.3 is 5.73 Å². The summed E-state index contributed by atoms with van der Waals surface area (Å²) in [4.78, 5) is 11.5. The Hall–Kier alpha value is -0.370. The van der Waals surface area contributed by atoms with Crippen LogP contribution in [-0.2, 0) is 4.79 Å². The maximum Gasteiger partial charge on any atom is 0.132 e. The Balaban J connectivity index is 3.04. The van der Waals surface area contributed by atoms with Gasteiger partial charge in [-0.2, -0.15) is 0 Å². The maximum atomic E-state index is 11.5. The fourth-order valence-corrected chi connectivity index (χ4v) is 3.82. The average Bonchev–Trinajstić information content (AvgIpc) is 2.68. The number of rotatable bonds is 23. The highest BCUT2D eigenvalue weighted by Gasteiger charge is 2.00. The van der Waals surface area contributed by atoms with E-state index in [2.05, 4.69) is 6.92 Å². The molecule has 2 N–H and O–H groups in total. The fourth-order valence-electron chi connectivity index (χ4n) is 3.82. The Kier molecular flexibility index (Phi) is 23.3. The molecule has 0 aliphatic rings. The molecule has 0 aliphatic heterocycles. The van der Waals surface area contributed by atoms with Gasteiger partial charge in [-0.15, -0.1) is 0 Å². The lowest BCUT2D eigenvalue weighted by molar-refractivity contribution is -0.119. The van der Waals surface area contributed by atoms with Crippen molar-refractivity contribution in [3.05, 3.63) is 0 Å². The summed E-state index contributed by atoms with van der Waals surface area (Å²) in [6, 6.07) is 0. The van der Waals surface area contributed by atoms with E-state index >= 15 is 0 Å². The van der Waals surface area contributed by atoms with Crippen molar-refractivity contribution < 1.29 is 4.79 Å². The Bertz CT molecular complexity index is 290. The van der Waals surface area contributed by atoms with Crippen LogP contribution in [0.1, 0.15) is 148 Å². The van der Waals surface area contributed by atoms with Gasteiger partial charge in [0.1, 0.15) is 5.78 Å². The third-order valence-electron chi connectivity index (χ3n) is 5.72. The molecule has 0 bridgehead atoms. The van der Waals surface area contributed by atoms with E-state index in [4.69, 9.17) is 5.73 Å². The molecule has 2 nitrogen and oxygen atoms in total. The SMILES string of the molecule is CCCCCCCCCCCCCCCCCCCCCC(=O)CCCN. The summed E-state index contributed by atoms with van der Waals surface area (Å²) < 4.78 is 0. The molecule has 0 saturated carbocycles. The first-order valence-electron chi connectivity index (χ1n) is 12.5. The predicted molar refractivity (Wildman–Crippen MR) is 121 cm³/mol. The number of hydrogen-bond donors (Lipinski definition) is 1. The van der Waals surface area contributed by atoms with Crippen molar-refractivity contribution in [2.24, 2.45) is 5.73 Å². The number of Topliss-reactive ketones (excluding diaryl/α,β-unsaturated/α-hetero) is 1. The highest BCUT2D eigenvalue weighted by molar-refractivity contribution is 5.78. The van der Waals surface area contributed by atoms with Crippen LogP contribution < -0.4 is 5.73 Å². The van der Waals surface area contributed by atoms with E-state index in [9.17, 15) is 4.79 Å². The molecular weight excluding hydrogens is 330 g/mol. The quantitative estimate of drug-likeness (QED) is 0.182. The summed E-state index contributed by atoms with van der Waals surface area (Å²) in [5, 5.41) is 0. The van der Waals surface area contributed by atoms with Crippen molar-refractivity contribution in [2.45, 2.75) is 148 Å². The van der Waals surface area contributed by atoms with Crippen LogP contribution in [0, 0.1) is 0 Å². The molecule has 0 aromatic heterocycles. The second kappa shape index (κ2) is 23.7. The third-order valence-corrected chi connectivity index (χ3v) is 5.72. The Morgan fingerprint density at radius 1 is 0.481 bits per heavy atom. The minimum Gasteiger partial charge on any atom is -0.330 e. The van der Waals surface area contributed by atoms with Gasteiger partial charge in [0.25, 0.3) is 0 Å². The third kappa shape index (κ3) is 23.6. The molecule has 0 amide bonds. The zero-order valence-corrected chi connectivity index (χ0v) is 18.7. The molecular formula is C25H51NO. The maximum absolute atomic E-state index is 11.5. The molecule has 0 aliphatic carbocycles. The molecule has 2 heteroatoms. The molecule has 0 heterocycles. The molecule has 0 spiro atoms. The predicted octanol–water partition coefficient (Wildman–Crippen LogP) is 8.12. The van der Waals surface area contributed by atoms with E-state index in [0.717, 1.165) is 19.3 Å². The Morgan fingerprint density at radius 3 is 1.11 bits per heavy atom. The van der Waals surface area contributed by atoms with E-state index < -0.39 is 0 Å².